The van der Waals surface area contributed by atoms with Gasteiger partial charge in [-0.05, 0) is 0 Å². The first kappa shape index (κ1) is 10.7. The van der Waals surface area contributed by atoms with Gasteiger partial charge in [0, 0.05) is 30.9 Å². The van der Waals surface area contributed by atoms with E-state index in [1.807, 2.05) is 4.90 Å². The van der Waals surface area contributed by atoms with Crippen LogP contribution in [0.3, 0.4) is 0 Å². The molecule has 0 aromatic heterocycles. The fraction of sp³-hybridized carbons (Fsp3) is 0.400. The monoisotopic (exact) mass is 224 g/mol. The second kappa shape index (κ2) is 3.97. The number of anilines is 1. The number of methoxy groups -OCH3 is 1. The summed E-state index contributed by atoms with van der Waals surface area (Å²) in [5, 5.41) is 19.9. The zero-order chi connectivity index (χ0) is 11.7. The summed E-state index contributed by atoms with van der Waals surface area (Å²) in [6.07, 6.45) is -0.342. The minimum Gasteiger partial charge on any atom is -0.496 e. The van der Waals surface area contributed by atoms with Crippen LogP contribution < -0.4 is 9.64 Å². The molecule has 0 aliphatic carbocycles. The summed E-state index contributed by atoms with van der Waals surface area (Å²) in [4.78, 5) is 12.1. The number of hydrogen-bond acceptors (Lipinski definition) is 5. The fourth-order valence-electron chi connectivity index (χ4n) is 1.64. The Morgan fingerprint density at radius 2 is 2.19 bits per heavy atom. The van der Waals surface area contributed by atoms with E-state index in [1.54, 1.807) is 6.07 Å². The molecule has 16 heavy (non-hydrogen) atoms. The zero-order valence-corrected chi connectivity index (χ0v) is 8.79. The van der Waals surface area contributed by atoms with Crippen molar-refractivity contribution in [2.75, 3.05) is 25.1 Å². The van der Waals surface area contributed by atoms with E-state index in [9.17, 15) is 15.2 Å². The van der Waals surface area contributed by atoms with Crippen molar-refractivity contribution in [3.63, 3.8) is 0 Å². The molecule has 86 valence electrons. The van der Waals surface area contributed by atoms with Crippen molar-refractivity contribution in [1.29, 1.82) is 0 Å². The van der Waals surface area contributed by atoms with Crippen LogP contribution in [0.2, 0.25) is 0 Å². The van der Waals surface area contributed by atoms with Gasteiger partial charge >= 0.3 is 0 Å². The number of aliphatic hydroxyl groups excluding tert-OH is 1. The fourth-order valence-corrected chi connectivity index (χ4v) is 1.64. The van der Waals surface area contributed by atoms with E-state index >= 15 is 0 Å². The molecule has 6 heteroatoms. The number of nitro benzene ring substituents is 1. The first-order valence-electron chi connectivity index (χ1n) is 4.86. The van der Waals surface area contributed by atoms with Crippen LogP contribution in [0.25, 0.3) is 0 Å². The highest BCUT2D eigenvalue weighted by atomic mass is 16.6. The Morgan fingerprint density at radius 3 is 2.69 bits per heavy atom. The molecule has 0 bridgehead atoms. The van der Waals surface area contributed by atoms with E-state index in [4.69, 9.17) is 4.74 Å². The Bertz CT molecular complexity index is 415. The molecule has 0 radical (unpaired) electrons. The molecule has 0 atom stereocenters. The number of aliphatic hydroxyl groups is 1. The smallest absolute Gasteiger partial charge is 0.275 e. The van der Waals surface area contributed by atoms with Gasteiger partial charge in [0.1, 0.15) is 5.75 Å². The lowest BCUT2D eigenvalue weighted by molar-refractivity contribution is -0.384. The molecule has 1 N–H and O–H groups in total. The molecule has 0 amide bonds. The van der Waals surface area contributed by atoms with Crippen LogP contribution in [-0.4, -0.2) is 36.3 Å². The summed E-state index contributed by atoms with van der Waals surface area (Å²) in [6.45, 7) is 1.01. The largest absolute Gasteiger partial charge is 0.496 e. The summed E-state index contributed by atoms with van der Waals surface area (Å²) in [5.74, 6) is 0.450. The first-order chi connectivity index (χ1) is 7.60. The summed E-state index contributed by atoms with van der Waals surface area (Å²) < 4.78 is 5.00. The SMILES string of the molecule is COc1cc(N2CC(O)C2)cc([N+](=O)[O-])c1. The number of β-amino-alcohol motifs (C(OH)–C–C–N with tert-alkyl or cyclic N) is 1. The number of ether oxygens (including phenoxy) is 1. The average Bonchev–Trinajstić information content (AvgIpc) is 2.24. The Labute approximate surface area is 92.2 Å². The molecule has 1 aliphatic rings. The van der Waals surface area contributed by atoms with E-state index in [0.29, 0.717) is 24.5 Å². The van der Waals surface area contributed by atoms with Crippen molar-refractivity contribution in [1.82, 2.24) is 0 Å². The van der Waals surface area contributed by atoms with Gasteiger partial charge in [0.05, 0.1) is 24.2 Å². The van der Waals surface area contributed by atoms with Crippen molar-refractivity contribution in [3.8, 4) is 5.75 Å². The van der Waals surface area contributed by atoms with E-state index in [0.717, 1.165) is 0 Å². The van der Waals surface area contributed by atoms with Crippen molar-refractivity contribution in [2.24, 2.45) is 0 Å². The van der Waals surface area contributed by atoms with Gasteiger partial charge in [0.2, 0.25) is 0 Å². The lowest BCUT2D eigenvalue weighted by atomic mass is 10.1. The maximum absolute atomic E-state index is 10.7. The van der Waals surface area contributed by atoms with E-state index < -0.39 is 4.92 Å². The molecular weight excluding hydrogens is 212 g/mol. The van der Waals surface area contributed by atoms with E-state index in [1.165, 1.54) is 19.2 Å². The van der Waals surface area contributed by atoms with Crippen molar-refractivity contribution < 1.29 is 14.8 Å². The highest BCUT2D eigenvalue weighted by molar-refractivity contribution is 5.59. The van der Waals surface area contributed by atoms with E-state index in [2.05, 4.69) is 0 Å². The van der Waals surface area contributed by atoms with Crippen molar-refractivity contribution in [2.45, 2.75) is 6.10 Å². The van der Waals surface area contributed by atoms with Crippen LogP contribution in [-0.2, 0) is 0 Å². The number of benzene rings is 1. The molecule has 1 saturated heterocycles. The van der Waals surface area contributed by atoms with Crippen molar-refractivity contribution >= 4 is 11.4 Å². The quantitative estimate of drug-likeness (QED) is 0.606. The second-order valence-corrected chi connectivity index (χ2v) is 3.71. The Kier molecular flexibility index (Phi) is 2.66. The molecule has 1 aromatic carbocycles. The summed E-state index contributed by atoms with van der Waals surface area (Å²) in [5.41, 5.74) is 0.701. The topological polar surface area (TPSA) is 75.8 Å². The summed E-state index contributed by atoms with van der Waals surface area (Å²) >= 11 is 0. The average molecular weight is 224 g/mol. The molecule has 0 spiro atoms. The van der Waals surface area contributed by atoms with E-state index in [-0.39, 0.29) is 11.8 Å². The number of hydrogen-bond donors (Lipinski definition) is 1. The number of nitro groups is 1. The lowest BCUT2D eigenvalue weighted by Crippen LogP contribution is -2.50. The molecule has 6 nitrogen and oxygen atoms in total. The first-order valence-corrected chi connectivity index (χ1v) is 4.86. The third-order valence-corrected chi connectivity index (χ3v) is 2.55. The second-order valence-electron chi connectivity index (χ2n) is 3.71. The minimum absolute atomic E-state index is 0.00394. The van der Waals surface area contributed by atoms with Gasteiger partial charge in [-0.2, -0.15) is 0 Å². The van der Waals surface area contributed by atoms with Crippen LogP contribution in [0.1, 0.15) is 0 Å². The van der Waals surface area contributed by atoms with Crippen LogP contribution >= 0.6 is 0 Å². The molecule has 1 fully saturated rings. The summed E-state index contributed by atoms with van der Waals surface area (Å²) in [6, 6.07) is 4.58. The highest BCUT2D eigenvalue weighted by Crippen LogP contribution is 2.30. The van der Waals surface area contributed by atoms with Gasteiger partial charge in [-0.25, -0.2) is 0 Å². The van der Waals surface area contributed by atoms with Gasteiger partial charge in [-0.15, -0.1) is 0 Å². The zero-order valence-electron chi connectivity index (χ0n) is 8.79. The van der Waals surface area contributed by atoms with Gasteiger partial charge in [0.15, 0.2) is 0 Å². The third kappa shape index (κ3) is 1.92. The predicted molar refractivity (Wildman–Crippen MR) is 57.9 cm³/mol. The third-order valence-electron chi connectivity index (χ3n) is 2.55. The van der Waals surface area contributed by atoms with Gasteiger partial charge in [-0.3, -0.25) is 10.1 Å². The maximum Gasteiger partial charge on any atom is 0.275 e. The molecule has 0 saturated carbocycles. The molecule has 1 aromatic rings. The van der Waals surface area contributed by atoms with Crippen LogP contribution in [0, 0.1) is 10.1 Å². The van der Waals surface area contributed by atoms with Crippen LogP contribution in [0.4, 0.5) is 11.4 Å². The molecule has 2 rings (SSSR count). The Hall–Kier alpha value is -1.82. The normalized spacial score (nSPS) is 15.8. The van der Waals surface area contributed by atoms with Crippen LogP contribution in [0.5, 0.6) is 5.75 Å². The van der Waals surface area contributed by atoms with Gasteiger partial charge in [-0.1, -0.05) is 0 Å². The summed E-state index contributed by atoms with van der Waals surface area (Å²) in [7, 11) is 1.47. The number of non-ortho nitro benzene ring substituents is 1. The number of nitrogens with zero attached hydrogens (tertiary/aromatic N) is 2. The maximum atomic E-state index is 10.7. The predicted octanol–water partition coefficient (Wildman–Crippen LogP) is 0.784. The molecule has 1 heterocycles. The highest BCUT2D eigenvalue weighted by Gasteiger charge is 2.26. The van der Waals surface area contributed by atoms with Gasteiger partial charge < -0.3 is 14.7 Å². The van der Waals surface area contributed by atoms with Crippen LogP contribution in [0.15, 0.2) is 18.2 Å². The molecular formula is C10H12N2O4. The Morgan fingerprint density at radius 1 is 1.50 bits per heavy atom. The minimum atomic E-state index is -0.456. The molecule has 1 aliphatic heterocycles. The Balaban J connectivity index is 2.30. The standard InChI is InChI=1S/C10H12N2O4/c1-16-10-3-7(11-5-9(13)6-11)2-8(4-10)12(14)15/h2-4,9,13H,5-6H2,1H3. The molecule has 0 unspecified atom stereocenters. The number of rotatable bonds is 3. The van der Waals surface area contributed by atoms with Crippen molar-refractivity contribution in [3.05, 3.63) is 28.3 Å². The van der Waals surface area contributed by atoms with Gasteiger partial charge in [0.25, 0.3) is 5.69 Å². The lowest BCUT2D eigenvalue weighted by Gasteiger charge is -2.37.